The van der Waals surface area contributed by atoms with Gasteiger partial charge in [0.1, 0.15) is 5.60 Å². The topological polar surface area (TPSA) is 38.3 Å². The summed E-state index contributed by atoms with van der Waals surface area (Å²) in [5, 5.41) is 2.90. The third-order valence-electron chi connectivity index (χ3n) is 2.55. The Balaban J connectivity index is 2.79. The molecule has 0 saturated heterocycles. The van der Waals surface area contributed by atoms with Gasteiger partial charge in [0, 0.05) is 0 Å². The van der Waals surface area contributed by atoms with Crippen molar-refractivity contribution in [2.24, 2.45) is 0 Å². The zero-order valence-corrected chi connectivity index (χ0v) is 12.1. The number of hydrogen-bond donors (Lipinski definition) is 1. The Morgan fingerprint density at radius 1 is 1.17 bits per heavy atom. The lowest BCUT2D eigenvalue weighted by molar-refractivity contribution is 0.0470. The molecule has 0 aliphatic carbocycles. The van der Waals surface area contributed by atoms with Gasteiger partial charge in [0.25, 0.3) is 0 Å². The molecular weight excluding hydrogens is 226 g/mol. The van der Waals surface area contributed by atoms with Crippen LogP contribution in [0.3, 0.4) is 0 Å². The van der Waals surface area contributed by atoms with Gasteiger partial charge in [-0.15, -0.1) is 0 Å². The number of alkyl carbamates (subject to hydrolysis) is 1. The molecule has 0 atom stereocenters. The van der Waals surface area contributed by atoms with E-state index in [0.29, 0.717) is 0 Å². The quantitative estimate of drug-likeness (QED) is 0.866. The maximum atomic E-state index is 11.8. The molecule has 0 aliphatic heterocycles. The molecule has 0 saturated carbocycles. The summed E-state index contributed by atoms with van der Waals surface area (Å²) in [5.74, 6) is 0. The number of benzene rings is 1. The Morgan fingerprint density at radius 3 is 2.28 bits per heavy atom. The Kier molecular flexibility index (Phi) is 4.05. The number of carbonyl (C=O) groups excluding carboxylic acids is 1. The van der Waals surface area contributed by atoms with Gasteiger partial charge in [-0.25, -0.2) is 4.79 Å². The highest BCUT2D eigenvalue weighted by molar-refractivity contribution is 5.69. The minimum atomic E-state index is -0.479. The highest BCUT2D eigenvalue weighted by atomic mass is 16.6. The molecule has 18 heavy (non-hydrogen) atoms. The van der Waals surface area contributed by atoms with Gasteiger partial charge in [-0.1, -0.05) is 29.8 Å². The lowest BCUT2D eigenvalue weighted by Gasteiger charge is -2.29. The summed E-state index contributed by atoms with van der Waals surface area (Å²) < 4.78 is 5.28. The fourth-order valence-electron chi connectivity index (χ4n) is 1.66. The SMILES string of the molecule is Cc1cccc(C(C)(C)NC(=O)OC(C)(C)C)c1. The average Bonchev–Trinajstić information content (AvgIpc) is 2.13. The van der Waals surface area contributed by atoms with E-state index >= 15 is 0 Å². The molecule has 3 nitrogen and oxygen atoms in total. The van der Waals surface area contributed by atoms with Crippen molar-refractivity contribution in [2.75, 3.05) is 0 Å². The van der Waals surface area contributed by atoms with Crippen LogP contribution in [-0.2, 0) is 10.3 Å². The second kappa shape index (κ2) is 5.01. The van der Waals surface area contributed by atoms with Gasteiger partial charge in [0.2, 0.25) is 0 Å². The Morgan fingerprint density at radius 2 is 1.78 bits per heavy atom. The standard InChI is InChI=1S/C15H23NO2/c1-11-8-7-9-12(10-11)15(5,6)16-13(17)18-14(2,3)4/h7-10H,1-6H3,(H,16,17). The molecule has 0 heterocycles. The van der Waals surface area contributed by atoms with Gasteiger partial charge in [-0.3, -0.25) is 0 Å². The van der Waals surface area contributed by atoms with Gasteiger partial charge in [-0.2, -0.15) is 0 Å². The van der Waals surface area contributed by atoms with Gasteiger partial charge in [-0.05, 0) is 47.1 Å². The monoisotopic (exact) mass is 249 g/mol. The fourth-order valence-corrected chi connectivity index (χ4v) is 1.66. The van der Waals surface area contributed by atoms with Crippen molar-refractivity contribution in [3.05, 3.63) is 35.4 Å². The number of carbonyl (C=O) groups is 1. The van der Waals surface area contributed by atoms with Crippen LogP contribution < -0.4 is 5.32 Å². The lowest BCUT2D eigenvalue weighted by atomic mass is 9.93. The van der Waals surface area contributed by atoms with Crippen LogP contribution in [0, 0.1) is 6.92 Å². The lowest BCUT2D eigenvalue weighted by Crippen LogP contribution is -2.43. The second-order valence-corrected chi connectivity index (χ2v) is 6.12. The Labute approximate surface area is 110 Å². The van der Waals surface area contributed by atoms with Gasteiger partial charge in [0.05, 0.1) is 5.54 Å². The molecular formula is C15H23NO2. The fraction of sp³-hybridized carbons (Fsp3) is 0.533. The number of amides is 1. The van der Waals surface area contributed by atoms with E-state index in [-0.39, 0.29) is 0 Å². The van der Waals surface area contributed by atoms with E-state index in [1.807, 2.05) is 59.7 Å². The van der Waals surface area contributed by atoms with Crippen LogP contribution in [-0.4, -0.2) is 11.7 Å². The molecule has 1 aromatic rings. The van der Waals surface area contributed by atoms with Gasteiger partial charge < -0.3 is 10.1 Å². The molecule has 1 N–H and O–H groups in total. The Bertz CT molecular complexity index is 430. The molecule has 0 bridgehead atoms. The summed E-state index contributed by atoms with van der Waals surface area (Å²) in [6, 6.07) is 8.10. The molecule has 0 unspecified atom stereocenters. The van der Waals surface area contributed by atoms with E-state index in [4.69, 9.17) is 4.74 Å². The number of aryl methyl sites for hydroxylation is 1. The molecule has 0 aromatic heterocycles. The van der Waals surface area contributed by atoms with Gasteiger partial charge in [0.15, 0.2) is 0 Å². The van der Waals surface area contributed by atoms with E-state index in [9.17, 15) is 4.79 Å². The first-order valence-electron chi connectivity index (χ1n) is 6.18. The van der Waals surface area contributed by atoms with Crippen LogP contribution in [0.25, 0.3) is 0 Å². The summed E-state index contributed by atoms with van der Waals surface area (Å²) >= 11 is 0. The Hall–Kier alpha value is -1.51. The van der Waals surface area contributed by atoms with Crippen LogP contribution in [0.2, 0.25) is 0 Å². The molecule has 1 aromatic carbocycles. The van der Waals surface area contributed by atoms with Crippen LogP contribution in [0.5, 0.6) is 0 Å². The summed E-state index contributed by atoms with van der Waals surface area (Å²) in [6.45, 7) is 11.5. The molecule has 0 spiro atoms. The van der Waals surface area contributed by atoms with Crippen LogP contribution in [0.4, 0.5) is 4.79 Å². The highest BCUT2D eigenvalue weighted by Crippen LogP contribution is 2.21. The minimum absolute atomic E-state index is 0.394. The smallest absolute Gasteiger partial charge is 0.408 e. The minimum Gasteiger partial charge on any atom is -0.444 e. The summed E-state index contributed by atoms with van der Waals surface area (Å²) in [7, 11) is 0. The van der Waals surface area contributed by atoms with Crippen LogP contribution in [0.1, 0.15) is 45.7 Å². The number of nitrogens with one attached hydrogen (secondary N) is 1. The zero-order valence-electron chi connectivity index (χ0n) is 12.1. The molecule has 1 amide bonds. The van der Waals surface area contributed by atoms with Crippen LogP contribution >= 0.6 is 0 Å². The maximum Gasteiger partial charge on any atom is 0.408 e. The summed E-state index contributed by atoms with van der Waals surface area (Å²) in [6.07, 6.45) is -0.394. The van der Waals surface area contributed by atoms with E-state index in [2.05, 4.69) is 11.4 Å². The second-order valence-electron chi connectivity index (χ2n) is 6.12. The van der Waals surface area contributed by atoms with Crippen molar-refractivity contribution in [3.8, 4) is 0 Å². The van der Waals surface area contributed by atoms with Crippen molar-refractivity contribution >= 4 is 6.09 Å². The normalized spacial score (nSPS) is 12.1. The molecule has 100 valence electrons. The van der Waals surface area contributed by atoms with Crippen molar-refractivity contribution in [3.63, 3.8) is 0 Å². The highest BCUT2D eigenvalue weighted by Gasteiger charge is 2.26. The van der Waals surface area contributed by atoms with E-state index in [0.717, 1.165) is 5.56 Å². The number of hydrogen-bond acceptors (Lipinski definition) is 2. The largest absolute Gasteiger partial charge is 0.444 e. The molecule has 1 rings (SSSR count). The molecule has 3 heteroatoms. The van der Waals surface area contributed by atoms with Crippen molar-refractivity contribution < 1.29 is 9.53 Å². The maximum absolute atomic E-state index is 11.8. The number of ether oxygens (including phenoxy) is 1. The molecule has 0 aliphatic rings. The predicted octanol–water partition coefficient (Wildman–Crippen LogP) is 3.75. The van der Waals surface area contributed by atoms with Crippen LogP contribution in [0.15, 0.2) is 24.3 Å². The van der Waals surface area contributed by atoms with E-state index < -0.39 is 17.2 Å². The zero-order chi connectivity index (χ0) is 14.0. The predicted molar refractivity (Wildman–Crippen MR) is 73.6 cm³/mol. The molecule has 0 fully saturated rings. The average molecular weight is 249 g/mol. The van der Waals surface area contributed by atoms with E-state index in [1.165, 1.54) is 5.56 Å². The molecule has 0 radical (unpaired) electrons. The first-order valence-corrected chi connectivity index (χ1v) is 6.18. The number of rotatable bonds is 2. The first kappa shape index (κ1) is 14.6. The van der Waals surface area contributed by atoms with Crippen molar-refractivity contribution in [2.45, 2.75) is 52.7 Å². The summed E-state index contributed by atoms with van der Waals surface area (Å²) in [4.78, 5) is 11.8. The third kappa shape index (κ3) is 4.40. The van der Waals surface area contributed by atoms with E-state index in [1.54, 1.807) is 0 Å². The third-order valence-corrected chi connectivity index (χ3v) is 2.55. The summed E-state index contributed by atoms with van der Waals surface area (Å²) in [5.41, 5.74) is 1.31. The van der Waals surface area contributed by atoms with Gasteiger partial charge >= 0.3 is 6.09 Å². The van der Waals surface area contributed by atoms with Crippen molar-refractivity contribution in [1.29, 1.82) is 0 Å². The first-order chi connectivity index (χ1) is 8.10. The van der Waals surface area contributed by atoms with Crippen molar-refractivity contribution in [1.82, 2.24) is 5.32 Å².